The summed E-state index contributed by atoms with van der Waals surface area (Å²) in [5.41, 5.74) is 5.94. The molecule has 2 amide bonds. The number of ketones is 1. The number of halogens is 3. The summed E-state index contributed by atoms with van der Waals surface area (Å²) in [4.78, 5) is 36.8. The van der Waals surface area contributed by atoms with E-state index in [1.165, 1.54) is 0 Å². The summed E-state index contributed by atoms with van der Waals surface area (Å²) in [7, 11) is 0. The monoisotopic (exact) mass is 470 g/mol. The third kappa shape index (κ3) is 6.08. The molecule has 0 heterocycles. The van der Waals surface area contributed by atoms with E-state index in [0.29, 0.717) is 16.7 Å². The van der Waals surface area contributed by atoms with Crippen LogP contribution in [0.15, 0.2) is 78.9 Å². The number of amides is 2. The minimum Gasteiger partial charge on any atom is -0.378 e. The van der Waals surface area contributed by atoms with Crippen LogP contribution in [0.2, 0.25) is 0 Å². The molecule has 34 heavy (non-hydrogen) atoms. The molecule has 0 spiro atoms. The number of carbonyl (C=O) groups excluding carboxylic acids is 3. The SMILES string of the molecule is NC(=O)[C@H](Cc1ccc(C(=O)c2ccccc2)cc1)NC(=O)[C@@H](O)c1ccc(C(F)(F)F)cc1. The molecule has 2 atom stereocenters. The number of carbonyl (C=O) groups is 3. The average molecular weight is 470 g/mol. The summed E-state index contributed by atoms with van der Waals surface area (Å²) >= 11 is 0. The summed E-state index contributed by atoms with van der Waals surface area (Å²) in [6, 6.07) is 17.3. The van der Waals surface area contributed by atoms with E-state index >= 15 is 0 Å². The topological polar surface area (TPSA) is 109 Å². The second-order valence-corrected chi connectivity index (χ2v) is 7.58. The van der Waals surface area contributed by atoms with Gasteiger partial charge in [0.2, 0.25) is 5.91 Å². The minimum absolute atomic E-state index is 0.0133. The molecule has 176 valence electrons. The summed E-state index contributed by atoms with van der Waals surface area (Å²) in [5.74, 6) is -2.02. The largest absolute Gasteiger partial charge is 0.416 e. The van der Waals surface area contributed by atoms with Crippen molar-refractivity contribution in [3.8, 4) is 0 Å². The number of alkyl halides is 3. The van der Waals surface area contributed by atoms with E-state index in [-0.39, 0.29) is 17.8 Å². The third-order valence-electron chi connectivity index (χ3n) is 5.15. The smallest absolute Gasteiger partial charge is 0.378 e. The lowest BCUT2D eigenvalue weighted by Crippen LogP contribution is -2.47. The highest BCUT2D eigenvalue weighted by Gasteiger charge is 2.31. The molecule has 0 saturated carbocycles. The van der Waals surface area contributed by atoms with Crippen molar-refractivity contribution in [2.24, 2.45) is 5.73 Å². The van der Waals surface area contributed by atoms with Gasteiger partial charge in [-0.25, -0.2) is 0 Å². The van der Waals surface area contributed by atoms with Crippen LogP contribution in [0.1, 0.15) is 38.7 Å². The van der Waals surface area contributed by atoms with E-state index in [0.717, 1.165) is 24.3 Å². The van der Waals surface area contributed by atoms with Crippen molar-refractivity contribution < 1.29 is 32.7 Å². The van der Waals surface area contributed by atoms with Crippen LogP contribution in [0.3, 0.4) is 0 Å². The Bertz CT molecular complexity index is 1160. The second-order valence-electron chi connectivity index (χ2n) is 7.58. The number of benzene rings is 3. The lowest BCUT2D eigenvalue weighted by atomic mass is 9.99. The molecule has 0 radical (unpaired) electrons. The number of hydrogen-bond donors (Lipinski definition) is 3. The molecule has 0 aliphatic carbocycles. The highest BCUT2D eigenvalue weighted by Crippen LogP contribution is 2.30. The zero-order valence-electron chi connectivity index (χ0n) is 17.8. The van der Waals surface area contributed by atoms with Gasteiger partial charge in [-0.2, -0.15) is 13.2 Å². The van der Waals surface area contributed by atoms with Crippen molar-refractivity contribution in [3.63, 3.8) is 0 Å². The van der Waals surface area contributed by atoms with Gasteiger partial charge in [-0.05, 0) is 23.3 Å². The first-order valence-corrected chi connectivity index (χ1v) is 10.2. The fraction of sp³-hybridized carbons (Fsp3) is 0.160. The van der Waals surface area contributed by atoms with Gasteiger partial charge in [0.25, 0.3) is 5.91 Å². The van der Waals surface area contributed by atoms with Gasteiger partial charge in [-0.3, -0.25) is 14.4 Å². The predicted octanol–water partition coefficient (Wildman–Crippen LogP) is 3.18. The third-order valence-corrected chi connectivity index (χ3v) is 5.15. The number of rotatable bonds is 8. The summed E-state index contributed by atoms with van der Waals surface area (Å²) < 4.78 is 38.1. The lowest BCUT2D eigenvalue weighted by Gasteiger charge is -2.19. The van der Waals surface area contributed by atoms with Crippen molar-refractivity contribution in [3.05, 3.63) is 107 Å². The van der Waals surface area contributed by atoms with Crippen LogP contribution in [-0.2, 0) is 22.2 Å². The van der Waals surface area contributed by atoms with Crippen LogP contribution < -0.4 is 11.1 Å². The van der Waals surface area contributed by atoms with E-state index in [4.69, 9.17) is 5.73 Å². The molecular formula is C25H21F3N2O4. The number of hydrogen-bond acceptors (Lipinski definition) is 4. The number of nitrogens with one attached hydrogen (secondary N) is 1. The first kappa shape index (κ1) is 24.7. The Labute approximate surface area is 193 Å². The predicted molar refractivity (Wildman–Crippen MR) is 118 cm³/mol. The van der Waals surface area contributed by atoms with Crippen molar-refractivity contribution in [2.75, 3.05) is 0 Å². The van der Waals surface area contributed by atoms with Crippen molar-refractivity contribution in [2.45, 2.75) is 24.7 Å². The molecule has 0 bridgehead atoms. The fourth-order valence-electron chi connectivity index (χ4n) is 3.26. The van der Waals surface area contributed by atoms with Crippen molar-refractivity contribution in [1.82, 2.24) is 5.32 Å². The first-order chi connectivity index (χ1) is 16.1. The highest BCUT2D eigenvalue weighted by molar-refractivity contribution is 6.08. The summed E-state index contributed by atoms with van der Waals surface area (Å²) in [6.07, 6.45) is -6.36. The van der Waals surface area contributed by atoms with Crippen LogP contribution in [0.25, 0.3) is 0 Å². The van der Waals surface area contributed by atoms with Crippen LogP contribution in [0.5, 0.6) is 0 Å². The van der Waals surface area contributed by atoms with Gasteiger partial charge in [0, 0.05) is 17.5 Å². The summed E-state index contributed by atoms with van der Waals surface area (Å²) in [5, 5.41) is 12.5. The zero-order chi connectivity index (χ0) is 24.9. The molecule has 3 rings (SSSR count). The van der Waals surface area contributed by atoms with Gasteiger partial charge in [0.05, 0.1) is 5.56 Å². The van der Waals surface area contributed by atoms with Gasteiger partial charge in [-0.15, -0.1) is 0 Å². The first-order valence-electron chi connectivity index (χ1n) is 10.2. The molecule has 0 aliphatic heterocycles. The molecule has 0 fully saturated rings. The molecule has 0 saturated heterocycles. The highest BCUT2D eigenvalue weighted by atomic mass is 19.4. The molecular weight excluding hydrogens is 449 g/mol. The average Bonchev–Trinajstić information content (AvgIpc) is 2.83. The van der Waals surface area contributed by atoms with Crippen molar-refractivity contribution in [1.29, 1.82) is 0 Å². The molecule has 9 heteroatoms. The Morgan fingerprint density at radius 3 is 1.94 bits per heavy atom. The number of aliphatic hydroxyl groups is 1. The van der Waals surface area contributed by atoms with Gasteiger partial charge in [-0.1, -0.05) is 66.7 Å². The molecule has 0 aromatic heterocycles. The second kappa shape index (κ2) is 10.3. The Morgan fingerprint density at radius 1 is 0.853 bits per heavy atom. The van der Waals surface area contributed by atoms with Crippen LogP contribution in [0.4, 0.5) is 13.2 Å². The number of aliphatic hydroxyl groups excluding tert-OH is 1. The minimum atomic E-state index is -4.55. The van der Waals surface area contributed by atoms with Gasteiger partial charge in [0.15, 0.2) is 11.9 Å². The van der Waals surface area contributed by atoms with E-state index < -0.39 is 35.7 Å². The maximum absolute atomic E-state index is 12.7. The zero-order valence-corrected chi connectivity index (χ0v) is 17.8. The van der Waals surface area contributed by atoms with E-state index in [1.54, 1.807) is 54.6 Å². The molecule has 6 nitrogen and oxygen atoms in total. The maximum Gasteiger partial charge on any atom is 0.416 e. The van der Waals surface area contributed by atoms with Gasteiger partial charge in [0.1, 0.15) is 6.04 Å². The molecule has 3 aromatic carbocycles. The fourth-order valence-corrected chi connectivity index (χ4v) is 3.26. The Balaban J connectivity index is 1.66. The molecule has 3 aromatic rings. The van der Waals surface area contributed by atoms with Crippen molar-refractivity contribution >= 4 is 17.6 Å². The molecule has 0 aliphatic rings. The Kier molecular flexibility index (Phi) is 7.47. The Hall–Kier alpha value is -3.98. The normalized spacial score (nSPS) is 13.1. The molecule has 4 N–H and O–H groups in total. The van der Waals surface area contributed by atoms with E-state index in [2.05, 4.69) is 5.32 Å². The number of nitrogens with two attached hydrogens (primary N) is 1. The summed E-state index contributed by atoms with van der Waals surface area (Å²) in [6.45, 7) is 0. The number of primary amides is 1. The maximum atomic E-state index is 12.7. The standard InChI is InChI=1S/C25H21F3N2O4/c26-25(27,28)19-12-10-18(11-13-19)22(32)24(34)30-20(23(29)33)14-15-6-8-17(9-7-15)21(31)16-4-2-1-3-5-16/h1-13,20,22,32H,14H2,(H2,29,33)(H,30,34)/t20-,22-/m0/s1. The van der Waals surface area contributed by atoms with E-state index in [9.17, 15) is 32.7 Å². The van der Waals surface area contributed by atoms with E-state index in [1.807, 2.05) is 0 Å². The van der Waals surface area contributed by atoms with Crippen LogP contribution >= 0.6 is 0 Å². The lowest BCUT2D eigenvalue weighted by molar-refractivity contribution is -0.137. The van der Waals surface area contributed by atoms with Gasteiger partial charge < -0.3 is 16.2 Å². The quantitative estimate of drug-likeness (QED) is 0.439. The van der Waals surface area contributed by atoms with Gasteiger partial charge >= 0.3 is 6.18 Å². The molecule has 0 unspecified atom stereocenters. The Morgan fingerprint density at radius 2 is 1.41 bits per heavy atom. The van der Waals surface area contributed by atoms with Crippen LogP contribution in [0, 0.1) is 0 Å². The van der Waals surface area contributed by atoms with Crippen LogP contribution in [-0.4, -0.2) is 28.7 Å².